The third-order valence-corrected chi connectivity index (χ3v) is 0.928. The summed E-state index contributed by atoms with van der Waals surface area (Å²) in [5, 5.41) is 15.8. The standard InChI is InChI=1S/2C4H8O2.2Ag/c2*1-2-3-4(5)6;;/h2*2-3H2,1H3,(H,5,6);;. The monoisotopic (exact) mass is 390 g/mol. The van der Waals surface area contributed by atoms with Crippen LogP contribution in [0.2, 0.25) is 0 Å². The molecule has 2 N–H and O–H groups in total. The van der Waals surface area contributed by atoms with Crippen LogP contribution >= 0.6 is 0 Å². The van der Waals surface area contributed by atoms with Crippen molar-refractivity contribution in [2.45, 2.75) is 39.5 Å². The van der Waals surface area contributed by atoms with Crippen LogP contribution in [-0.2, 0) is 54.3 Å². The molecular formula is C8H16Ag2O4. The van der Waals surface area contributed by atoms with E-state index in [1.54, 1.807) is 0 Å². The molecule has 0 saturated heterocycles. The number of carboxylic acid groups (broad SMARTS) is 2. The van der Waals surface area contributed by atoms with Crippen LogP contribution in [0.4, 0.5) is 0 Å². The van der Waals surface area contributed by atoms with Crippen molar-refractivity contribution >= 4 is 11.9 Å². The molecule has 0 fully saturated rings. The van der Waals surface area contributed by atoms with Gasteiger partial charge in [-0.3, -0.25) is 9.59 Å². The Hall–Kier alpha value is 0.421. The van der Waals surface area contributed by atoms with Gasteiger partial charge < -0.3 is 10.2 Å². The molecule has 6 heteroatoms. The van der Waals surface area contributed by atoms with Crippen LogP contribution in [0.1, 0.15) is 39.5 Å². The first-order valence-corrected chi connectivity index (χ1v) is 3.98. The summed E-state index contributed by atoms with van der Waals surface area (Å²) in [7, 11) is 0. The maximum absolute atomic E-state index is 9.60. The molecule has 0 aliphatic rings. The normalized spacial score (nSPS) is 7.00. The van der Waals surface area contributed by atoms with E-state index in [0.717, 1.165) is 12.8 Å². The van der Waals surface area contributed by atoms with E-state index < -0.39 is 11.9 Å². The van der Waals surface area contributed by atoms with Gasteiger partial charge in [-0.05, 0) is 12.8 Å². The van der Waals surface area contributed by atoms with Crippen LogP contribution in [0.15, 0.2) is 0 Å². The van der Waals surface area contributed by atoms with Gasteiger partial charge in [0.1, 0.15) is 0 Å². The molecule has 0 aromatic carbocycles. The second kappa shape index (κ2) is 19.1. The Bertz CT molecular complexity index is 123. The van der Waals surface area contributed by atoms with E-state index in [9.17, 15) is 9.59 Å². The Balaban J connectivity index is -0.0000000625. The van der Waals surface area contributed by atoms with Crippen molar-refractivity contribution in [3.63, 3.8) is 0 Å². The summed E-state index contributed by atoms with van der Waals surface area (Å²) in [4.78, 5) is 19.2. The van der Waals surface area contributed by atoms with E-state index in [0.29, 0.717) is 12.8 Å². The fraction of sp³-hybridized carbons (Fsp3) is 0.750. The Morgan fingerprint density at radius 3 is 1.07 bits per heavy atom. The number of hydrogen-bond donors (Lipinski definition) is 2. The average Bonchev–Trinajstić information content (AvgIpc) is 1.87. The van der Waals surface area contributed by atoms with Crippen LogP contribution < -0.4 is 0 Å². The first-order chi connectivity index (χ1) is 5.54. The van der Waals surface area contributed by atoms with Gasteiger partial charge in [0.05, 0.1) is 0 Å². The van der Waals surface area contributed by atoms with Gasteiger partial charge in [-0.15, -0.1) is 0 Å². The summed E-state index contributed by atoms with van der Waals surface area (Å²) in [5.41, 5.74) is 0. The summed E-state index contributed by atoms with van der Waals surface area (Å²) in [6.07, 6.45) is 2.05. The molecule has 0 rings (SSSR count). The summed E-state index contributed by atoms with van der Waals surface area (Å²) < 4.78 is 0. The van der Waals surface area contributed by atoms with Gasteiger partial charge in [0, 0.05) is 57.6 Å². The van der Waals surface area contributed by atoms with Gasteiger partial charge in [0.25, 0.3) is 0 Å². The molecule has 0 aliphatic carbocycles. The molecule has 0 atom stereocenters. The van der Waals surface area contributed by atoms with Crippen LogP contribution in [0.25, 0.3) is 0 Å². The minimum absolute atomic E-state index is 0. The van der Waals surface area contributed by atoms with Crippen LogP contribution in [0.3, 0.4) is 0 Å². The molecule has 94 valence electrons. The van der Waals surface area contributed by atoms with E-state index in [2.05, 4.69) is 0 Å². The number of hydrogen-bond acceptors (Lipinski definition) is 2. The molecule has 0 aromatic heterocycles. The summed E-state index contributed by atoms with van der Waals surface area (Å²) in [5.74, 6) is -1.42. The minimum atomic E-state index is -0.711. The van der Waals surface area contributed by atoms with Crippen LogP contribution in [-0.4, -0.2) is 22.2 Å². The van der Waals surface area contributed by atoms with Crippen LogP contribution in [0.5, 0.6) is 0 Å². The Morgan fingerprint density at radius 2 is 1.07 bits per heavy atom. The molecule has 0 amide bonds. The maximum atomic E-state index is 9.60. The van der Waals surface area contributed by atoms with Crippen molar-refractivity contribution in [2.75, 3.05) is 0 Å². The number of rotatable bonds is 4. The van der Waals surface area contributed by atoms with Gasteiger partial charge in [-0.2, -0.15) is 0 Å². The van der Waals surface area contributed by atoms with Crippen molar-refractivity contribution in [1.82, 2.24) is 0 Å². The summed E-state index contributed by atoms with van der Waals surface area (Å²) in [6.45, 7) is 3.68. The predicted molar refractivity (Wildman–Crippen MR) is 45.1 cm³/mol. The second-order valence-electron chi connectivity index (χ2n) is 2.29. The largest absolute Gasteiger partial charge is 0.481 e. The molecule has 0 heterocycles. The third-order valence-electron chi connectivity index (χ3n) is 0.928. The molecule has 0 aromatic rings. The molecule has 2 radical (unpaired) electrons. The quantitative estimate of drug-likeness (QED) is 0.716. The molecule has 4 nitrogen and oxygen atoms in total. The fourth-order valence-corrected chi connectivity index (χ4v) is 0.428. The van der Waals surface area contributed by atoms with Crippen molar-refractivity contribution in [3.05, 3.63) is 0 Å². The van der Waals surface area contributed by atoms with Crippen molar-refractivity contribution in [1.29, 1.82) is 0 Å². The van der Waals surface area contributed by atoms with E-state index in [1.807, 2.05) is 13.8 Å². The molecule has 0 aliphatic heterocycles. The minimum Gasteiger partial charge on any atom is -0.481 e. The van der Waals surface area contributed by atoms with Gasteiger partial charge >= 0.3 is 11.9 Å². The van der Waals surface area contributed by atoms with Gasteiger partial charge in [-0.1, -0.05) is 13.8 Å². The van der Waals surface area contributed by atoms with Crippen molar-refractivity contribution in [3.8, 4) is 0 Å². The summed E-state index contributed by atoms with van der Waals surface area (Å²) in [6, 6.07) is 0. The Morgan fingerprint density at radius 1 is 0.857 bits per heavy atom. The smallest absolute Gasteiger partial charge is 0.303 e. The van der Waals surface area contributed by atoms with E-state index in [1.165, 1.54) is 0 Å². The summed E-state index contributed by atoms with van der Waals surface area (Å²) >= 11 is 0. The van der Waals surface area contributed by atoms with Gasteiger partial charge in [0.2, 0.25) is 0 Å². The fourth-order valence-electron chi connectivity index (χ4n) is 0.428. The predicted octanol–water partition coefficient (Wildman–Crippen LogP) is 1.74. The van der Waals surface area contributed by atoms with E-state index in [-0.39, 0.29) is 44.8 Å². The first-order valence-electron chi connectivity index (χ1n) is 3.98. The molecule has 0 saturated carbocycles. The third kappa shape index (κ3) is 39.3. The number of carboxylic acids is 2. The zero-order valence-electron chi connectivity index (χ0n) is 8.14. The molecule has 0 unspecified atom stereocenters. The Labute approximate surface area is 115 Å². The second-order valence-corrected chi connectivity index (χ2v) is 2.29. The maximum Gasteiger partial charge on any atom is 0.303 e. The average molecular weight is 392 g/mol. The Kier molecular flexibility index (Phi) is 32.6. The van der Waals surface area contributed by atoms with E-state index in [4.69, 9.17) is 10.2 Å². The topological polar surface area (TPSA) is 74.6 Å². The number of aliphatic carboxylic acids is 2. The van der Waals surface area contributed by atoms with Crippen LogP contribution in [0, 0.1) is 0 Å². The zero-order valence-corrected chi connectivity index (χ0v) is 11.1. The van der Waals surface area contributed by atoms with Gasteiger partial charge in [-0.25, -0.2) is 0 Å². The van der Waals surface area contributed by atoms with Crippen molar-refractivity contribution in [2.24, 2.45) is 0 Å². The van der Waals surface area contributed by atoms with E-state index >= 15 is 0 Å². The first kappa shape index (κ1) is 23.9. The molecule has 0 bridgehead atoms. The van der Waals surface area contributed by atoms with Crippen molar-refractivity contribution < 1.29 is 64.6 Å². The van der Waals surface area contributed by atoms with Gasteiger partial charge in [0.15, 0.2) is 0 Å². The zero-order chi connectivity index (χ0) is 9.98. The molecule has 0 spiro atoms. The SMILES string of the molecule is CCCC(=O)O.CCCC(=O)O.[Ag].[Ag]. The number of carbonyl (C=O) groups is 2. The molecule has 14 heavy (non-hydrogen) atoms. The molecular weight excluding hydrogens is 376 g/mol.